The molecule has 3 N–H and O–H groups in total. The molecule has 11 nitrogen and oxygen atoms in total. The predicted molar refractivity (Wildman–Crippen MR) is 165 cm³/mol. The van der Waals surface area contributed by atoms with E-state index in [0.717, 1.165) is 12.0 Å². The van der Waals surface area contributed by atoms with Crippen LogP contribution in [0.5, 0.6) is 0 Å². The molecule has 4 aliphatic rings. The molecule has 4 aliphatic carbocycles. The molecule has 252 valence electrons. The molecule has 0 aromatic heterocycles. The molecule has 0 saturated heterocycles. The van der Waals surface area contributed by atoms with Crippen molar-refractivity contribution in [1.82, 2.24) is 4.90 Å². The molecule has 0 bridgehead atoms. The Labute approximate surface area is 266 Å². The summed E-state index contributed by atoms with van der Waals surface area (Å²) in [5, 5.41) is 23.4. The van der Waals surface area contributed by atoms with Gasteiger partial charge in [0.05, 0.1) is 11.9 Å². The molecule has 0 aliphatic heterocycles. The molecule has 0 heterocycles. The molecular weight excluding hydrogens is 602 g/mol. The number of hydrogen-bond donors (Lipinski definition) is 3. The molecule has 0 unspecified atom stereocenters. The Kier molecular flexibility index (Phi) is 10.5. The van der Waals surface area contributed by atoms with Gasteiger partial charge in [0.15, 0.2) is 12.4 Å². The van der Waals surface area contributed by atoms with Gasteiger partial charge in [-0.15, -0.1) is 0 Å². The number of carbonyl (C=O) groups excluding carboxylic acids is 4. The number of fused-ring (bicyclic) bond motifs is 5. The van der Waals surface area contributed by atoms with Gasteiger partial charge >= 0.3 is 5.97 Å². The van der Waals surface area contributed by atoms with Crippen LogP contribution < -0.4 is 0 Å². The van der Waals surface area contributed by atoms with Gasteiger partial charge in [-0.1, -0.05) is 45.3 Å². The number of carbonyl (C=O) groups is 4. The first-order valence-corrected chi connectivity index (χ1v) is 17.8. The number of ether oxygens (including phenoxy) is 1. The highest BCUT2D eigenvalue weighted by molar-refractivity contribution is 7.85. The van der Waals surface area contributed by atoms with Gasteiger partial charge in [0.1, 0.15) is 5.60 Å². The summed E-state index contributed by atoms with van der Waals surface area (Å²) >= 11 is 0. The number of unbranched alkanes of at least 4 members (excludes halogenated alkanes) is 3. The zero-order valence-electron chi connectivity index (χ0n) is 26.9. The molecular formula is C33H49NO10S. The van der Waals surface area contributed by atoms with Crippen molar-refractivity contribution in [2.45, 2.75) is 96.7 Å². The minimum atomic E-state index is -4.13. The van der Waals surface area contributed by atoms with Gasteiger partial charge in [0, 0.05) is 43.2 Å². The monoisotopic (exact) mass is 651 g/mol. The maximum Gasteiger partial charge on any atom is 0.306 e. The topological polar surface area (TPSA) is 176 Å². The van der Waals surface area contributed by atoms with Crippen LogP contribution in [0, 0.1) is 34.5 Å². The fourth-order valence-corrected chi connectivity index (χ4v) is 9.52. The first kappa shape index (κ1) is 35.4. The predicted octanol–water partition coefficient (Wildman–Crippen LogP) is 3.04. The minimum Gasteiger partial charge on any atom is -0.458 e. The number of ketones is 2. The van der Waals surface area contributed by atoms with Crippen LogP contribution in [0.4, 0.5) is 0 Å². The molecule has 3 fully saturated rings. The summed E-state index contributed by atoms with van der Waals surface area (Å²) in [5.41, 5.74) is -2.01. The molecule has 4 rings (SSSR count). The lowest BCUT2D eigenvalue weighted by atomic mass is 9.45. The molecule has 12 heteroatoms. The zero-order chi connectivity index (χ0) is 33.4. The second-order valence-corrected chi connectivity index (χ2v) is 15.8. The number of esters is 1. The summed E-state index contributed by atoms with van der Waals surface area (Å²) in [5.74, 6) is -1.79. The van der Waals surface area contributed by atoms with Gasteiger partial charge in [0.25, 0.3) is 10.1 Å². The first-order valence-electron chi connectivity index (χ1n) is 16.2. The van der Waals surface area contributed by atoms with Crippen molar-refractivity contribution < 1.29 is 47.1 Å². The quantitative estimate of drug-likeness (QED) is 0.152. The number of nitrogens with zero attached hydrogens (tertiary/aromatic N) is 1. The Balaban J connectivity index is 1.25. The van der Waals surface area contributed by atoms with Gasteiger partial charge < -0.3 is 19.8 Å². The van der Waals surface area contributed by atoms with Crippen LogP contribution in [-0.4, -0.2) is 89.2 Å². The highest BCUT2D eigenvalue weighted by Gasteiger charge is 2.68. The van der Waals surface area contributed by atoms with Crippen LogP contribution in [0.2, 0.25) is 0 Å². The van der Waals surface area contributed by atoms with Crippen molar-refractivity contribution >= 4 is 33.6 Å². The Bertz CT molecular complexity index is 1360. The minimum absolute atomic E-state index is 0.00297. The first-order chi connectivity index (χ1) is 20.9. The molecule has 3 saturated carbocycles. The van der Waals surface area contributed by atoms with Crippen molar-refractivity contribution in [2.24, 2.45) is 34.5 Å². The molecule has 0 aromatic carbocycles. The fraction of sp³-hybridized carbons (Fsp3) is 0.758. The third-order valence-electron chi connectivity index (χ3n) is 11.4. The van der Waals surface area contributed by atoms with Gasteiger partial charge in [-0.05, 0) is 68.4 Å². The smallest absolute Gasteiger partial charge is 0.306 e. The van der Waals surface area contributed by atoms with Gasteiger partial charge in [-0.25, -0.2) is 0 Å². The van der Waals surface area contributed by atoms with E-state index in [1.165, 1.54) is 11.9 Å². The largest absolute Gasteiger partial charge is 0.458 e. The summed E-state index contributed by atoms with van der Waals surface area (Å²) in [4.78, 5) is 51.4. The number of hydrogen-bond acceptors (Lipinski definition) is 9. The molecule has 0 radical (unpaired) electrons. The lowest BCUT2D eigenvalue weighted by molar-refractivity contribution is -0.182. The van der Waals surface area contributed by atoms with E-state index >= 15 is 0 Å². The van der Waals surface area contributed by atoms with Gasteiger partial charge in [-0.2, -0.15) is 8.42 Å². The standard InChI is InChI=1S/C33H49NO10S/c1-21-17-23-24-12-14-33(40,32(24,3)19-26(36)30(23)31(2)13-11-22(35)18-25(21)31)27(37)20-44-29(39)10-8-6-5-7-9-28(38)34(4)15-16-45(41,42)43/h11,13,18,21,23-24,26,30,36,40H,5-10,12,14-17,19-20H2,1-4H3,(H,41,42,43)/t21-,23-,24-,26-,30+,31-,32-,33-/m0/s1. The fourth-order valence-electron chi connectivity index (χ4n) is 9.02. The Morgan fingerprint density at radius 2 is 1.78 bits per heavy atom. The van der Waals surface area contributed by atoms with Crippen LogP contribution in [0.3, 0.4) is 0 Å². The average molecular weight is 652 g/mol. The summed E-state index contributed by atoms with van der Waals surface area (Å²) in [6, 6.07) is 0. The number of aliphatic hydroxyl groups excluding tert-OH is 1. The van der Waals surface area contributed by atoms with Crippen molar-refractivity contribution in [1.29, 1.82) is 0 Å². The van der Waals surface area contributed by atoms with Crippen molar-refractivity contribution in [3.05, 3.63) is 23.8 Å². The van der Waals surface area contributed by atoms with Gasteiger partial charge in [-0.3, -0.25) is 23.7 Å². The molecule has 8 atom stereocenters. The van der Waals surface area contributed by atoms with Crippen LogP contribution in [0.25, 0.3) is 0 Å². The third-order valence-corrected chi connectivity index (χ3v) is 12.1. The lowest BCUT2D eigenvalue weighted by Gasteiger charge is -2.60. The second-order valence-electron chi connectivity index (χ2n) is 14.2. The van der Waals surface area contributed by atoms with Gasteiger partial charge in [0.2, 0.25) is 11.7 Å². The van der Waals surface area contributed by atoms with Crippen LogP contribution in [0.15, 0.2) is 23.8 Å². The zero-order valence-corrected chi connectivity index (χ0v) is 27.7. The Morgan fingerprint density at radius 1 is 1.11 bits per heavy atom. The van der Waals surface area contributed by atoms with E-state index in [-0.39, 0.29) is 67.6 Å². The maximum absolute atomic E-state index is 13.5. The number of allylic oxidation sites excluding steroid dienone is 4. The van der Waals surface area contributed by atoms with Crippen LogP contribution in [0.1, 0.15) is 85.0 Å². The number of rotatable bonds is 13. The van der Waals surface area contributed by atoms with E-state index in [0.29, 0.717) is 32.1 Å². The summed E-state index contributed by atoms with van der Waals surface area (Å²) in [7, 11) is -2.66. The Hall–Kier alpha value is -2.41. The maximum atomic E-state index is 13.5. The molecule has 1 amide bonds. The van der Waals surface area contributed by atoms with Crippen molar-refractivity contribution in [3.8, 4) is 0 Å². The van der Waals surface area contributed by atoms with E-state index in [1.54, 1.807) is 12.2 Å². The van der Waals surface area contributed by atoms with E-state index in [1.807, 2.05) is 13.0 Å². The van der Waals surface area contributed by atoms with Crippen LogP contribution >= 0.6 is 0 Å². The normalized spacial score (nSPS) is 35.6. The van der Waals surface area contributed by atoms with Crippen LogP contribution in [-0.2, 0) is 34.0 Å². The lowest BCUT2D eigenvalue weighted by Crippen LogP contribution is -2.62. The van der Waals surface area contributed by atoms with E-state index in [2.05, 4.69) is 13.8 Å². The summed E-state index contributed by atoms with van der Waals surface area (Å²) in [6.45, 7) is 5.46. The van der Waals surface area contributed by atoms with E-state index in [4.69, 9.17) is 9.29 Å². The third kappa shape index (κ3) is 7.13. The average Bonchev–Trinajstić information content (AvgIpc) is 3.23. The highest BCUT2D eigenvalue weighted by Crippen LogP contribution is 2.67. The van der Waals surface area contributed by atoms with Crippen molar-refractivity contribution in [2.75, 3.05) is 26.0 Å². The SMILES string of the molecule is C[C@H]1C[C@@H]2[C@H]([C@@H](O)C[C@@]3(C)[C@H]2CC[C@]3(O)C(=O)COC(=O)CCCCCCC(=O)N(C)CCS(=O)(=O)O)[C@@]2(C)C=CC(=O)C=C12. The molecule has 45 heavy (non-hydrogen) atoms. The number of amides is 1. The highest BCUT2D eigenvalue weighted by atomic mass is 32.2. The number of Topliss-reactive ketones (excluding diaryl/α,β-unsaturated/α-hetero) is 1. The van der Waals surface area contributed by atoms with E-state index < -0.39 is 56.8 Å². The molecule has 0 aromatic rings. The second kappa shape index (κ2) is 13.4. The van der Waals surface area contributed by atoms with Crippen molar-refractivity contribution in [3.63, 3.8) is 0 Å². The number of aliphatic hydroxyl groups is 2. The summed E-state index contributed by atoms with van der Waals surface area (Å²) in [6.07, 6.45) is 9.06. The van der Waals surface area contributed by atoms with E-state index in [9.17, 15) is 37.8 Å². The Morgan fingerprint density at radius 3 is 2.44 bits per heavy atom. The molecule has 0 spiro atoms. The summed E-state index contributed by atoms with van der Waals surface area (Å²) < 4.78 is 35.8.